The molecule has 2 aromatic rings. The first-order valence-electron chi connectivity index (χ1n) is 11.2. The van der Waals surface area contributed by atoms with Crippen molar-refractivity contribution in [2.45, 2.75) is 31.5 Å². The largest absolute Gasteiger partial charge is 0.491 e. The molecule has 0 unspecified atom stereocenters. The zero-order chi connectivity index (χ0) is 26.0. The molecule has 10 heteroatoms. The number of aliphatic hydroxyl groups is 3. The SMILES string of the molecule is CN/C(CO)=C(/I)N(N)C[C@@H](O)COc1ccc(C(C)(C)c2ccc(OC[C@@H](O)CCl)cc2)cc1. The lowest BCUT2D eigenvalue weighted by Gasteiger charge is -2.27. The second kappa shape index (κ2) is 14.1. The Labute approximate surface area is 225 Å². The fourth-order valence-corrected chi connectivity index (χ4v) is 4.04. The normalized spacial score (nSPS) is 14.1. The number of hydrazine groups is 1. The van der Waals surface area contributed by atoms with Gasteiger partial charge in [0.25, 0.3) is 0 Å². The van der Waals surface area contributed by atoms with Gasteiger partial charge in [-0.1, -0.05) is 38.1 Å². The van der Waals surface area contributed by atoms with E-state index in [0.29, 0.717) is 20.9 Å². The van der Waals surface area contributed by atoms with Crippen molar-refractivity contribution in [3.8, 4) is 11.5 Å². The first kappa shape index (κ1) is 29.5. The summed E-state index contributed by atoms with van der Waals surface area (Å²) in [6, 6.07) is 15.5. The molecule has 0 aliphatic rings. The third kappa shape index (κ3) is 8.69. The number of hydrogen-bond acceptors (Lipinski definition) is 8. The van der Waals surface area contributed by atoms with Gasteiger partial charge in [-0.15, -0.1) is 11.6 Å². The van der Waals surface area contributed by atoms with Crippen LogP contribution >= 0.6 is 34.2 Å². The highest BCUT2D eigenvalue weighted by Crippen LogP contribution is 2.33. The smallest absolute Gasteiger partial charge is 0.119 e. The van der Waals surface area contributed by atoms with Crippen molar-refractivity contribution in [2.24, 2.45) is 5.84 Å². The molecule has 0 saturated carbocycles. The quantitative estimate of drug-likeness (QED) is 0.0720. The molecule has 0 aliphatic carbocycles. The van der Waals surface area contributed by atoms with Crippen molar-refractivity contribution < 1.29 is 24.8 Å². The van der Waals surface area contributed by atoms with Crippen LogP contribution < -0.4 is 20.6 Å². The predicted molar refractivity (Wildman–Crippen MR) is 147 cm³/mol. The van der Waals surface area contributed by atoms with E-state index in [1.54, 1.807) is 7.05 Å². The molecule has 0 heterocycles. The average Bonchev–Trinajstić information content (AvgIpc) is 2.87. The molecular weight excluding hydrogens is 585 g/mol. The predicted octanol–water partition coefficient (Wildman–Crippen LogP) is 2.72. The fourth-order valence-electron chi connectivity index (χ4n) is 3.31. The van der Waals surface area contributed by atoms with Crippen LogP contribution in [0, 0.1) is 0 Å². The van der Waals surface area contributed by atoms with E-state index < -0.39 is 12.2 Å². The van der Waals surface area contributed by atoms with Gasteiger partial charge in [0.2, 0.25) is 0 Å². The topological polar surface area (TPSA) is 120 Å². The number of nitrogens with one attached hydrogen (secondary N) is 1. The van der Waals surface area contributed by atoms with Crippen molar-refractivity contribution in [1.29, 1.82) is 0 Å². The minimum atomic E-state index is -0.816. The van der Waals surface area contributed by atoms with E-state index in [-0.39, 0.29) is 37.7 Å². The summed E-state index contributed by atoms with van der Waals surface area (Å²) in [5, 5.41) is 33.4. The van der Waals surface area contributed by atoms with Crippen molar-refractivity contribution in [1.82, 2.24) is 10.3 Å². The maximum absolute atomic E-state index is 10.3. The van der Waals surface area contributed by atoms with Crippen molar-refractivity contribution in [3.63, 3.8) is 0 Å². The molecule has 6 N–H and O–H groups in total. The Bertz CT molecular complexity index is 935. The van der Waals surface area contributed by atoms with Gasteiger partial charge in [0.15, 0.2) is 0 Å². The summed E-state index contributed by atoms with van der Waals surface area (Å²) in [4.78, 5) is 0. The Morgan fingerprint density at radius 2 is 1.46 bits per heavy atom. The highest BCUT2D eigenvalue weighted by atomic mass is 127. The molecule has 0 aromatic heterocycles. The number of ether oxygens (including phenoxy) is 2. The number of alkyl halides is 1. The van der Waals surface area contributed by atoms with Gasteiger partial charge in [-0.25, -0.2) is 5.84 Å². The summed E-state index contributed by atoms with van der Waals surface area (Å²) in [6.07, 6.45) is -1.51. The number of likely N-dealkylation sites (N-methyl/N-ethyl adjacent to an activating group) is 1. The highest BCUT2D eigenvalue weighted by Gasteiger charge is 2.23. The third-order valence-electron chi connectivity index (χ3n) is 5.58. The van der Waals surface area contributed by atoms with Gasteiger partial charge in [-0.2, -0.15) is 0 Å². The molecule has 0 fully saturated rings. The van der Waals surface area contributed by atoms with Crippen LogP contribution in [0.15, 0.2) is 57.9 Å². The van der Waals surface area contributed by atoms with Crippen LogP contribution in [0.1, 0.15) is 25.0 Å². The first-order chi connectivity index (χ1) is 16.6. The van der Waals surface area contributed by atoms with Gasteiger partial charge in [0.05, 0.1) is 24.7 Å². The van der Waals surface area contributed by atoms with Gasteiger partial charge < -0.3 is 35.1 Å². The molecule has 2 atom stereocenters. The maximum atomic E-state index is 10.3. The number of rotatable bonds is 14. The monoisotopic (exact) mass is 619 g/mol. The second-order valence-electron chi connectivity index (χ2n) is 8.59. The second-order valence-corrected chi connectivity index (χ2v) is 9.92. The number of nitrogens with two attached hydrogens (primary N) is 1. The average molecular weight is 620 g/mol. The van der Waals surface area contributed by atoms with Gasteiger partial charge in [-0.05, 0) is 58.0 Å². The van der Waals surface area contributed by atoms with E-state index in [9.17, 15) is 15.3 Å². The number of benzene rings is 2. The molecule has 0 amide bonds. The molecule has 2 aromatic carbocycles. The molecule has 0 radical (unpaired) electrons. The van der Waals surface area contributed by atoms with Crippen molar-refractivity contribution in [3.05, 3.63) is 69.1 Å². The molecule has 194 valence electrons. The van der Waals surface area contributed by atoms with Crippen LogP contribution in [0.25, 0.3) is 0 Å². The number of hydrogen-bond donors (Lipinski definition) is 5. The Morgan fingerprint density at radius 3 is 1.86 bits per heavy atom. The summed E-state index contributed by atoms with van der Waals surface area (Å²) in [5.41, 5.74) is 2.54. The van der Waals surface area contributed by atoms with Gasteiger partial charge >= 0.3 is 0 Å². The lowest BCUT2D eigenvalue weighted by molar-refractivity contribution is 0.0809. The highest BCUT2D eigenvalue weighted by molar-refractivity contribution is 14.1. The van der Waals surface area contributed by atoms with Crippen LogP contribution in [-0.2, 0) is 5.41 Å². The Morgan fingerprint density at radius 1 is 1.00 bits per heavy atom. The first-order valence-corrected chi connectivity index (χ1v) is 12.8. The van der Waals surface area contributed by atoms with Crippen LogP contribution in [0.3, 0.4) is 0 Å². The molecular formula is C25H35ClIN3O5. The molecule has 0 aliphatic heterocycles. The number of nitrogens with zero attached hydrogens (tertiary/aromatic N) is 1. The molecule has 2 rings (SSSR count). The van der Waals surface area contributed by atoms with Crippen LogP contribution in [0.5, 0.6) is 11.5 Å². The summed E-state index contributed by atoms with van der Waals surface area (Å²) in [6.45, 7) is 4.48. The van der Waals surface area contributed by atoms with E-state index in [2.05, 4.69) is 19.2 Å². The zero-order valence-electron chi connectivity index (χ0n) is 20.2. The van der Waals surface area contributed by atoms with E-state index in [4.69, 9.17) is 26.9 Å². The van der Waals surface area contributed by atoms with Crippen molar-refractivity contribution in [2.75, 3.05) is 39.3 Å². The van der Waals surface area contributed by atoms with E-state index in [1.807, 2.05) is 71.1 Å². The maximum Gasteiger partial charge on any atom is 0.119 e. The standard InChI is InChI=1S/C25H35ClIN3O5/c1-25(2,17-4-8-21(9-5-17)34-15-19(32)12-26)18-6-10-22(11-7-18)35-16-20(33)13-30(28)24(27)23(14-31)29-3/h4-11,19-20,29,31-33H,12-16,28H2,1-3H3/b24-23-/t19-,20+/m0/s1. The van der Waals surface area contributed by atoms with E-state index in [0.717, 1.165) is 11.1 Å². The van der Waals surface area contributed by atoms with Gasteiger partial charge in [0, 0.05) is 12.5 Å². The van der Waals surface area contributed by atoms with Gasteiger partial charge in [-0.3, -0.25) is 0 Å². The van der Waals surface area contributed by atoms with E-state index >= 15 is 0 Å². The Hall–Kier alpha value is -1.76. The Balaban J connectivity index is 1.95. The molecule has 35 heavy (non-hydrogen) atoms. The molecule has 0 spiro atoms. The summed E-state index contributed by atoms with van der Waals surface area (Å²) >= 11 is 7.61. The molecule has 0 bridgehead atoms. The molecule has 0 saturated heterocycles. The van der Waals surface area contributed by atoms with Crippen LogP contribution in [-0.4, -0.2) is 71.8 Å². The summed E-state index contributed by atoms with van der Waals surface area (Å²) in [7, 11) is 1.70. The minimum Gasteiger partial charge on any atom is -0.491 e. The molecule has 8 nitrogen and oxygen atoms in total. The summed E-state index contributed by atoms with van der Waals surface area (Å²) < 4.78 is 11.9. The van der Waals surface area contributed by atoms with Crippen LogP contribution in [0.4, 0.5) is 0 Å². The van der Waals surface area contributed by atoms with E-state index in [1.165, 1.54) is 5.01 Å². The van der Waals surface area contributed by atoms with Crippen LogP contribution in [0.2, 0.25) is 0 Å². The summed E-state index contributed by atoms with van der Waals surface area (Å²) in [5.74, 6) is 7.44. The fraction of sp³-hybridized carbons (Fsp3) is 0.440. The zero-order valence-corrected chi connectivity index (χ0v) is 23.2. The lowest BCUT2D eigenvalue weighted by atomic mass is 9.78. The number of halogens is 2. The van der Waals surface area contributed by atoms with Crippen molar-refractivity contribution >= 4 is 34.2 Å². The minimum absolute atomic E-state index is 0.0776. The third-order valence-corrected chi connectivity index (χ3v) is 7.21. The number of aliphatic hydroxyl groups excluding tert-OH is 3. The van der Waals surface area contributed by atoms with Gasteiger partial charge in [0.1, 0.15) is 40.6 Å². The Kier molecular flexibility index (Phi) is 11.9. The lowest BCUT2D eigenvalue weighted by Crippen LogP contribution is -2.39.